The number of aryl methyl sites for hydroxylation is 1. The van der Waals surface area contributed by atoms with Gasteiger partial charge in [-0.1, -0.05) is 36.4 Å². The van der Waals surface area contributed by atoms with Crippen LogP contribution in [-0.4, -0.2) is 22.0 Å². The van der Waals surface area contributed by atoms with Gasteiger partial charge in [0.2, 0.25) is 5.91 Å². The van der Waals surface area contributed by atoms with E-state index in [4.69, 9.17) is 0 Å². The summed E-state index contributed by atoms with van der Waals surface area (Å²) in [6.45, 7) is 5.85. The van der Waals surface area contributed by atoms with Gasteiger partial charge in [0, 0.05) is 17.0 Å². The van der Waals surface area contributed by atoms with Crippen LogP contribution in [0.25, 0.3) is 21.3 Å². The number of amides is 1. The van der Waals surface area contributed by atoms with Crippen molar-refractivity contribution in [2.45, 2.75) is 13.5 Å². The van der Waals surface area contributed by atoms with E-state index in [0.717, 1.165) is 16.0 Å². The molecule has 0 saturated heterocycles. The summed E-state index contributed by atoms with van der Waals surface area (Å²) in [7, 11) is 0. The molecule has 0 spiro atoms. The molecule has 0 saturated carbocycles. The van der Waals surface area contributed by atoms with E-state index in [-0.39, 0.29) is 18.0 Å². The van der Waals surface area contributed by atoms with Crippen LogP contribution in [0.3, 0.4) is 0 Å². The highest BCUT2D eigenvalue weighted by molar-refractivity contribution is 7.19. The van der Waals surface area contributed by atoms with E-state index in [1.165, 1.54) is 22.2 Å². The zero-order valence-electron chi connectivity index (χ0n) is 13.3. The van der Waals surface area contributed by atoms with Crippen molar-refractivity contribution < 1.29 is 4.79 Å². The van der Waals surface area contributed by atoms with E-state index in [2.05, 4.69) is 16.9 Å². The fourth-order valence-corrected chi connectivity index (χ4v) is 3.60. The van der Waals surface area contributed by atoms with Gasteiger partial charge in [0.25, 0.3) is 5.56 Å². The minimum Gasteiger partial charge on any atom is -0.351 e. The normalized spacial score (nSPS) is 10.7. The number of hydrogen-bond acceptors (Lipinski definition) is 4. The lowest BCUT2D eigenvalue weighted by molar-refractivity contribution is -0.121. The zero-order chi connectivity index (χ0) is 17.1. The van der Waals surface area contributed by atoms with Crippen LogP contribution in [0.2, 0.25) is 0 Å². The molecule has 0 aliphatic rings. The molecular formula is C18H17N3O2S. The average Bonchev–Trinajstić information content (AvgIpc) is 2.93. The first-order chi connectivity index (χ1) is 11.6. The van der Waals surface area contributed by atoms with Crippen LogP contribution in [0, 0.1) is 6.92 Å². The molecule has 0 bridgehead atoms. The second kappa shape index (κ2) is 6.80. The Kier molecular flexibility index (Phi) is 4.57. The summed E-state index contributed by atoms with van der Waals surface area (Å²) in [4.78, 5) is 30.8. The van der Waals surface area contributed by atoms with Crippen molar-refractivity contribution in [3.05, 3.63) is 64.5 Å². The summed E-state index contributed by atoms with van der Waals surface area (Å²) in [6.07, 6.45) is 3.03. The van der Waals surface area contributed by atoms with E-state index in [1.807, 2.05) is 37.3 Å². The van der Waals surface area contributed by atoms with Crippen molar-refractivity contribution in [2.24, 2.45) is 0 Å². The molecule has 3 aromatic rings. The molecule has 24 heavy (non-hydrogen) atoms. The number of hydrogen-bond donors (Lipinski definition) is 1. The van der Waals surface area contributed by atoms with Gasteiger partial charge in [0.05, 0.1) is 11.7 Å². The highest BCUT2D eigenvalue weighted by atomic mass is 32.1. The van der Waals surface area contributed by atoms with Crippen LogP contribution in [-0.2, 0) is 11.3 Å². The molecule has 6 heteroatoms. The number of carbonyl (C=O) groups is 1. The number of carbonyl (C=O) groups excluding carboxylic acids is 1. The number of thiophene rings is 1. The van der Waals surface area contributed by atoms with Gasteiger partial charge in [0.15, 0.2) is 0 Å². The van der Waals surface area contributed by atoms with Crippen LogP contribution in [0.5, 0.6) is 0 Å². The first-order valence-corrected chi connectivity index (χ1v) is 8.35. The van der Waals surface area contributed by atoms with Crippen LogP contribution < -0.4 is 10.9 Å². The number of rotatable bonds is 5. The third kappa shape index (κ3) is 3.00. The predicted octanol–water partition coefficient (Wildman–Crippen LogP) is 2.74. The second-order valence-electron chi connectivity index (χ2n) is 5.35. The van der Waals surface area contributed by atoms with E-state index >= 15 is 0 Å². The van der Waals surface area contributed by atoms with Gasteiger partial charge in [-0.05, 0) is 12.5 Å². The Hall–Kier alpha value is -2.73. The Morgan fingerprint density at radius 1 is 1.38 bits per heavy atom. The largest absolute Gasteiger partial charge is 0.351 e. The van der Waals surface area contributed by atoms with Crippen molar-refractivity contribution in [2.75, 3.05) is 6.54 Å². The summed E-state index contributed by atoms with van der Waals surface area (Å²) >= 11 is 1.49. The van der Waals surface area contributed by atoms with Gasteiger partial charge in [0.1, 0.15) is 11.4 Å². The molecule has 0 aliphatic carbocycles. The second-order valence-corrected chi connectivity index (χ2v) is 6.55. The summed E-state index contributed by atoms with van der Waals surface area (Å²) in [6, 6.07) is 9.77. The number of benzene rings is 1. The fourth-order valence-electron chi connectivity index (χ4n) is 2.60. The third-order valence-electron chi connectivity index (χ3n) is 3.67. The maximum Gasteiger partial charge on any atom is 0.263 e. The number of nitrogens with one attached hydrogen (secondary N) is 1. The molecule has 2 aromatic heterocycles. The Labute approximate surface area is 143 Å². The van der Waals surface area contributed by atoms with Gasteiger partial charge in [-0.3, -0.25) is 14.2 Å². The van der Waals surface area contributed by atoms with E-state index < -0.39 is 0 Å². The van der Waals surface area contributed by atoms with Gasteiger partial charge in [-0.25, -0.2) is 4.98 Å². The van der Waals surface area contributed by atoms with Crippen molar-refractivity contribution in [1.29, 1.82) is 0 Å². The van der Waals surface area contributed by atoms with Gasteiger partial charge in [-0.15, -0.1) is 17.9 Å². The van der Waals surface area contributed by atoms with Crippen molar-refractivity contribution in [1.82, 2.24) is 14.9 Å². The summed E-state index contributed by atoms with van der Waals surface area (Å²) < 4.78 is 1.35. The lowest BCUT2D eigenvalue weighted by Crippen LogP contribution is -2.32. The molecule has 1 N–H and O–H groups in total. The Bertz CT molecular complexity index is 958. The molecule has 0 unspecified atom stereocenters. The molecule has 2 heterocycles. The monoisotopic (exact) mass is 339 g/mol. The Morgan fingerprint density at radius 2 is 2.12 bits per heavy atom. The minimum absolute atomic E-state index is 0.0568. The number of fused-ring (bicyclic) bond motifs is 1. The summed E-state index contributed by atoms with van der Waals surface area (Å²) in [5.41, 5.74) is 1.68. The van der Waals surface area contributed by atoms with Crippen LogP contribution in [0.15, 0.2) is 54.1 Å². The smallest absolute Gasteiger partial charge is 0.263 e. The molecule has 3 rings (SSSR count). The maximum atomic E-state index is 12.9. The molecule has 0 atom stereocenters. The van der Waals surface area contributed by atoms with E-state index in [9.17, 15) is 9.59 Å². The molecule has 0 aliphatic heterocycles. The van der Waals surface area contributed by atoms with E-state index in [0.29, 0.717) is 16.8 Å². The number of nitrogens with zero attached hydrogens (tertiary/aromatic N) is 2. The molecule has 0 fully saturated rings. The highest BCUT2D eigenvalue weighted by Gasteiger charge is 2.17. The molecule has 1 aromatic carbocycles. The standard InChI is InChI=1S/C18H17N3O2S/c1-3-9-19-14(22)10-21-11-20-17-16(18(21)23)15(12(2)24-17)13-7-5-4-6-8-13/h3-8,11H,1,9-10H2,2H3,(H,19,22). The minimum atomic E-state index is -0.244. The topological polar surface area (TPSA) is 64.0 Å². The molecule has 5 nitrogen and oxygen atoms in total. The van der Waals surface area contributed by atoms with E-state index in [1.54, 1.807) is 6.08 Å². The maximum absolute atomic E-state index is 12.9. The molecular weight excluding hydrogens is 322 g/mol. The van der Waals surface area contributed by atoms with Crippen molar-refractivity contribution in [3.8, 4) is 11.1 Å². The SMILES string of the molecule is C=CCNC(=O)Cn1cnc2sc(C)c(-c3ccccc3)c2c1=O. The van der Waals surface area contributed by atoms with Crippen molar-refractivity contribution in [3.63, 3.8) is 0 Å². The molecule has 122 valence electrons. The lowest BCUT2D eigenvalue weighted by Gasteiger charge is -2.06. The van der Waals surface area contributed by atoms with Crippen LogP contribution in [0.1, 0.15) is 4.88 Å². The quantitative estimate of drug-likeness (QED) is 0.727. The fraction of sp³-hybridized carbons (Fsp3) is 0.167. The van der Waals surface area contributed by atoms with Gasteiger partial charge < -0.3 is 5.32 Å². The Balaban J connectivity index is 2.10. The number of aromatic nitrogens is 2. The average molecular weight is 339 g/mol. The van der Waals surface area contributed by atoms with Gasteiger partial charge >= 0.3 is 0 Å². The molecule has 1 amide bonds. The van der Waals surface area contributed by atoms with Crippen molar-refractivity contribution >= 4 is 27.5 Å². The molecule has 0 radical (unpaired) electrons. The first-order valence-electron chi connectivity index (χ1n) is 7.53. The zero-order valence-corrected chi connectivity index (χ0v) is 14.1. The van der Waals surface area contributed by atoms with Gasteiger partial charge in [-0.2, -0.15) is 0 Å². The van der Waals surface area contributed by atoms with Crippen LogP contribution >= 0.6 is 11.3 Å². The first kappa shape index (κ1) is 16.1. The Morgan fingerprint density at radius 3 is 2.83 bits per heavy atom. The highest BCUT2D eigenvalue weighted by Crippen LogP contribution is 2.35. The summed E-state index contributed by atoms with van der Waals surface area (Å²) in [5.74, 6) is -0.244. The van der Waals surface area contributed by atoms with Crippen LogP contribution in [0.4, 0.5) is 0 Å². The third-order valence-corrected chi connectivity index (χ3v) is 4.69. The lowest BCUT2D eigenvalue weighted by atomic mass is 10.0. The summed E-state index contributed by atoms with van der Waals surface area (Å²) in [5, 5.41) is 3.24. The predicted molar refractivity (Wildman–Crippen MR) is 97.3 cm³/mol.